The molecule has 0 saturated carbocycles. The molecule has 0 aliphatic rings. The lowest BCUT2D eigenvalue weighted by atomic mass is 10.1. The van der Waals surface area contributed by atoms with Crippen molar-refractivity contribution < 1.29 is 14.1 Å². The van der Waals surface area contributed by atoms with Gasteiger partial charge in [0.15, 0.2) is 5.96 Å². The smallest absolute Gasteiger partial charge is 0.327 e. The number of hydrogen-bond donors (Lipinski definition) is 2. The fourth-order valence-corrected chi connectivity index (χ4v) is 2.48. The van der Waals surface area contributed by atoms with Crippen molar-refractivity contribution in [1.29, 1.82) is 0 Å². The number of aromatic nitrogens is 4. The molecule has 0 unspecified atom stereocenters. The molecular formula is C17H27N7O3. The Morgan fingerprint density at radius 3 is 2.78 bits per heavy atom. The molecule has 0 spiro atoms. The molecule has 0 atom stereocenters. The first-order valence-electron chi connectivity index (χ1n) is 9.05. The highest BCUT2D eigenvalue weighted by Gasteiger charge is 2.13. The molecule has 0 fully saturated rings. The zero-order valence-corrected chi connectivity index (χ0v) is 16.3. The predicted molar refractivity (Wildman–Crippen MR) is 99.0 cm³/mol. The topological polar surface area (TPSA) is 119 Å². The fourth-order valence-electron chi connectivity index (χ4n) is 2.48. The van der Waals surface area contributed by atoms with E-state index in [-0.39, 0.29) is 12.5 Å². The Balaban J connectivity index is 2.00. The lowest BCUT2D eigenvalue weighted by molar-refractivity contribution is -0.141. The summed E-state index contributed by atoms with van der Waals surface area (Å²) in [5.74, 6) is 1.16. The molecule has 2 rings (SSSR count). The van der Waals surface area contributed by atoms with Crippen molar-refractivity contribution >= 4 is 11.9 Å². The average Bonchev–Trinajstić information content (AvgIpc) is 3.29. The first kappa shape index (κ1) is 20.4. The van der Waals surface area contributed by atoms with Gasteiger partial charge in [0.1, 0.15) is 18.0 Å². The zero-order chi connectivity index (χ0) is 19.6. The maximum atomic E-state index is 11.3. The number of guanidine groups is 1. The normalized spacial score (nSPS) is 11.5. The summed E-state index contributed by atoms with van der Waals surface area (Å²) >= 11 is 0. The highest BCUT2D eigenvalue weighted by atomic mass is 16.5. The van der Waals surface area contributed by atoms with Gasteiger partial charge in [-0.1, -0.05) is 24.2 Å². The van der Waals surface area contributed by atoms with Crippen LogP contribution in [0.4, 0.5) is 0 Å². The van der Waals surface area contributed by atoms with Crippen molar-refractivity contribution in [1.82, 2.24) is 30.8 Å². The van der Waals surface area contributed by atoms with Gasteiger partial charge >= 0.3 is 5.97 Å². The minimum Gasteiger partial charge on any atom is -0.468 e. The number of aliphatic imine (C=N–C) groups is 1. The molecule has 0 aliphatic carbocycles. The summed E-state index contributed by atoms with van der Waals surface area (Å²) in [6.07, 6.45) is 3.28. The highest BCUT2D eigenvalue weighted by molar-refractivity contribution is 5.79. The van der Waals surface area contributed by atoms with Crippen molar-refractivity contribution in [3.05, 3.63) is 28.9 Å². The molecule has 0 bridgehead atoms. The van der Waals surface area contributed by atoms with Gasteiger partial charge in [-0.3, -0.25) is 4.79 Å². The van der Waals surface area contributed by atoms with Gasteiger partial charge in [-0.2, -0.15) is 0 Å². The van der Waals surface area contributed by atoms with E-state index in [1.807, 2.05) is 20.8 Å². The number of aryl methyl sites for hydroxylation is 2. The van der Waals surface area contributed by atoms with Gasteiger partial charge < -0.3 is 19.9 Å². The maximum Gasteiger partial charge on any atom is 0.327 e. The van der Waals surface area contributed by atoms with Crippen molar-refractivity contribution in [3.8, 4) is 0 Å². The highest BCUT2D eigenvalue weighted by Crippen LogP contribution is 2.16. The van der Waals surface area contributed by atoms with E-state index in [2.05, 4.69) is 35.8 Å². The van der Waals surface area contributed by atoms with Crippen LogP contribution >= 0.6 is 0 Å². The van der Waals surface area contributed by atoms with Crippen molar-refractivity contribution in [3.63, 3.8) is 0 Å². The number of nitrogens with zero attached hydrogens (tertiary/aromatic N) is 5. The second-order valence-corrected chi connectivity index (χ2v) is 5.77. The molecule has 27 heavy (non-hydrogen) atoms. The minimum atomic E-state index is -0.374. The molecule has 2 N–H and O–H groups in total. The Hall–Kier alpha value is -2.91. The van der Waals surface area contributed by atoms with Crippen molar-refractivity contribution in [2.24, 2.45) is 4.99 Å². The van der Waals surface area contributed by atoms with E-state index in [0.717, 1.165) is 36.4 Å². The quantitative estimate of drug-likeness (QED) is 0.374. The number of carbonyl (C=O) groups is 1. The lowest BCUT2D eigenvalue weighted by Crippen LogP contribution is -2.36. The van der Waals surface area contributed by atoms with Crippen molar-refractivity contribution in [2.45, 2.75) is 53.2 Å². The second-order valence-electron chi connectivity index (χ2n) is 5.77. The summed E-state index contributed by atoms with van der Waals surface area (Å²) in [6.45, 7) is 7.76. The molecule has 2 heterocycles. The van der Waals surface area contributed by atoms with Gasteiger partial charge in [-0.05, 0) is 13.3 Å². The van der Waals surface area contributed by atoms with E-state index >= 15 is 0 Å². The first-order valence-corrected chi connectivity index (χ1v) is 9.05. The van der Waals surface area contributed by atoms with Crippen molar-refractivity contribution in [2.75, 3.05) is 13.7 Å². The van der Waals surface area contributed by atoms with Crippen LogP contribution in [-0.2, 0) is 42.0 Å². The Morgan fingerprint density at radius 1 is 1.30 bits per heavy atom. The standard InChI is InChI=1S/C17H27N7O3/c1-5-14-13(15(6-2)27-22-14)9-20-17(18-7-3)19-8-12-10-24(23-21-12)11-16(25)26-4/h10H,5-9,11H2,1-4H3,(H2,18,19,20). The molecule has 0 amide bonds. The molecule has 2 aromatic rings. The third-order valence-electron chi connectivity index (χ3n) is 3.89. The molecule has 0 radical (unpaired) electrons. The Bertz CT molecular complexity index is 745. The number of methoxy groups -OCH3 is 1. The van der Waals surface area contributed by atoms with Crippen LogP contribution in [0.1, 0.15) is 43.5 Å². The Morgan fingerprint density at radius 2 is 2.11 bits per heavy atom. The molecule has 0 aliphatic heterocycles. The fraction of sp³-hybridized carbons (Fsp3) is 0.588. The number of hydrogen-bond acceptors (Lipinski definition) is 7. The van der Waals surface area contributed by atoms with E-state index in [9.17, 15) is 4.79 Å². The summed E-state index contributed by atoms with van der Waals surface area (Å²) in [6, 6.07) is 0. The van der Waals surface area contributed by atoms with Crippen LogP contribution in [0.2, 0.25) is 0 Å². The molecule has 0 aromatic carbocycles. The molecule has 10 nitrogen and oxygen atoms in total. The minimum absolute atomic E-state index is 0.0325. The first-order chi connectivity index (χ1) is 13.1. The summed E-state index contributed by atoms with van der Waals surface area (Å²) in [4.78, 5) is 15.9. The zero-order valence-electron chi connectivity index (χ0n) is 16.3. The summed E-state index contributed by atoms with van der Waals surface area (Å²) in [7, 11) is 1.34. The van der Waals surface area contributed by atoms with E-state index in [0.29, 0.717) is 24.7 Å². The third kappa shape index (κ3) is 5.80. The van der Waals surface area contributed by atoms with E-state index in [4.69, 9.17) is 4.52 Å². The summed E-state index contributed by atoms with van der Waals surface area (Å²) in [5, 5.41) is 18.5. The monoisotopic (exact) mass is 377 g/mol. The number of rotatable bonds is 9. The second kappa shape index (κ2) is 10.3. The average molecular weight is 377 g/mol. The Kier molecular flexibility index (Phi) is 7.78. The number of nitrogens with one attached hydrogen (secondary N) is 2. The summed E-state index contributed by atoms with van der Waals surface area (Å²) in [5.41, 5.74) is 2.68. The van der Waals surface area contributed by atoms with Crippen LogP contribution in [0.5, 0.6) is 0 Å². The van der Waals surface area contributed by atoms with E-state index in [1.165, 1.54) is 11.8 Å². The van der Waals surface area contributed by atoms with E-state index in [1.54, 1.807) is 6.20 Å². The van der Waals surface area contributed by atoms with Gasteiger partial charge in [0.25, 0.3) is 0 Å². The lowest BCUT2D eigenvalue weighted by Gasteiger charge is -2.10. The molecule has 0 saturated heterocycles. The van der Waals surface area contributed by atoms with Crippen LogP contribution in [0.25, 0.3) is 0 Å². The number of carbonyl (C=O) groups excluding carboxylic acids is 1. The van der Waals surface area contributed by atoms with Crippen LogP contribution in [0.15, 0.2) is 15.7 Å². The van der Waals surface area contributed by atoms with Crippen LogP contribution in [0, 0.1) is 0 Å². The Labute approximate surface area is 158 Å². The molecule has 10 heteroatoms. The number of ether oxygens (including phenoxy) is 1. The molecular weight excluding hydrogens is 350 g/mol. The van der Waals surface area contributed by atoms with Crippen LogP contribution in [0.3, 0.4) is 0 Å². The van der Waals surface area contributed by atoms with Crippen LogP contribution < -0.4 is 10.6 Å². The van der Waals surface area contributed by atoms with Gasteiger partial charge in [0, 0.05) is 18.5 Å². The predicted octanol–water partition coefficient (Wildman–Crippen LogP) is 0.819. The van der Waals surface area contributed by atoms with Gasteiger partial charge in [-0.25, -0.2) is 9.67 Å². The summed E-state index contributed by atoms with van der Waals surface area (Å²) < 4.78 is 11.4. The molecule has 148 valence electrons. The molecule has 2 aromatic heterocycles. The van der Waals surface area contributed by atoms with Gasteiger partial charge in [-0.15, -0.1) is 5.10 Å². The van der Waals surface area contributed by atoms with Gasteiger partial charge in [0.05, 0.1) is 32.1 Å². The van der Waals surface area contributed by atoms with Gasteiger partial charge in [0.2, 0.25) is 0 Å². The van der Waals surface area contributed by atoms with Crippen LogP contribution in [-0.4, -0.2) is 45.7 Å². The largest absolute Gasteiger partial charge is 0.468 e. The SMILES string of the molecule is CCNC(=NCc1c(CC)noc1CC)NCc1cn(CC(=O)OC)nn1. The maximum absolute atomic E-state index is 11.3. The van der Waals surface area contributed by atoms with E-state index < -0.39 is 0 Å². The number of esters is 1. The third-order valence-corrected chi connectivity index (χ3v) is 3.89.